The highest BCUT2D eigenvalue weighted by atomic mass is 79.9. The number of halogens is 1. The summed E-state index contributed by atoms with van der Waals surface area (Å²) < 4.78 is 24.5. The van der Waals surface area contributed by atoms with Crippen LogP contribution in [0.25, 0.3) is 0 Å². The highest BCUT2D eigenvalue weighted by Gasteiger charge is 2.40. The van der Waals surface area contributed by atoms with Crippen molar-refractivity contribution >= 4 is 43.1 Å². The van der Waals surface area contributed by atoms with Crippen LogP contribution in [0.5, 0.6) is 0 Å². The molecule has 0 bridgehead atoms. The fourth-order valence-electron chi connectivity index (χ4n) is 2.28. The number of hydrogen-bond donors (Lipinski definition) is 1. The Morgan fingerprint density at radius 2 is 2.29 bits per heavy atom. The third kappa shape index (κ3) is 3.78. The number of thiophene rings is 1. The molecule has 8 heteroatoms. The largest absolute Gasteiger partial charge is 0.352 e. The van der Waals surface area contributed by atoms with Crippen molar-refractivity contribution in [2.75, 3.05) is 25.9 Å². The van der Waals surface area contributed by atoms with Crippen LogP contribution in [0.3, 0.4) is 0 Å². The van der Waals surface area contributed by atoms with Gasteiger partial charge in [0.2, 0.25) is 0 Å². The van der Waals surface area contributed by atoms with E-state index in [1.165, 1.54) is 5.56 Å². The topological polar surface area (TPSA) is 61.8 Å². The van der Waals surface area contributed by atoms with E-state index in [0.717, 1.165) is 9.75 Å². The first-order chi connectivity index (χ1) is 9.75. The Hall–Kier alpha value is -0.600. The zero-order chi connectivity index (χ0) is 15.7. The second-order valence-electron chi connectivity index (χ2n) is 5.66. The monoisotopic (exact) mass is 393 g/mol. The molecule has 21 heavy (non-hydrogen) atoms. The van der Waals surface area contributed by atoms with Crippen molar-refractivity contribution in [1.29, 1.82) is 0 Å². The highest BCUT2D eigenvalue weighted by molar-refractivity contribution is 9.11. The third-order valence-electron chi connectivity index (χ3n) is 3.63. The number of rotatable bonds is 2. The van der Waals surface area contributed by atoms with Crippen molar-refractivity contribution in [2.24, 2.45) is 4.99 Å². The fraction of sp³-hybridized carbons (Fsp3) is 0.615. The van der Waals surface area contributed by atoms with Crippen molar-refractivity contribution < 1.29 is 8.42 Å². The molecular formula is C13H20BrN3O2S2. The minimum atomic E-state index is -3.03. The van der Waals surface area contributed by atoms with E-state index in [4.69, 9.17) is 0 Å². The normalized spacial score (nSPS) is 21.3. The minimum absolute atomic E-state index is 0.171. The number of sulfone groups is 1. The van der Waals surface area contributed by atoms with Gasteiger partial charge in [-0.05, 0) is 46.8 Å². The molecular weight excluding hydrogens is 374 g/mol. The molecule has 1 N–H and O–H groups in total. The fourth-order valence-corrected chi connectivity index (χ4v) is 4.85. The van der Waals surface area contributed by atoms with Crippen LogP contribution in [0.15, 0.2) is 20.2 Å². The van der Waals surface area contributed by atoms with Crippen LogP contribution in [0, 0.1) is 0 Å². The molecule has 5 nitrogen and oxygen atoms in total. The van der Waals surface area contributed by atoms with E-state index in [-0.39, 0.29) is 5.75 Å². The van der Waals surface area contributed by atoms with Gasteiger partial charge in [0.15, 0.2) is 15.8 Å². The van der Waals surface area contributed by atoms with Gasteiger partial charge < -0.3 is 10.2 Å². The van der Waals surface area contributed by atoms with Gasteiger partial charge in [0.05, 0.1) is 14.3 Å². The summed E-state index contributed by atoms with van der Waals surface area (Å²) >= 11 is 5.09. The van der Waals surface area contributed by atoms with Crippen molar-refractivity contribution in [3.63, 3.8) is 0 Å². The second kappa shape index (κ2) is 6.26. The van der Waals surface area contributed by atoms with E-state index >= 15 is 0 Å². The van der Waals surface area contributed by atoms with Crippen LogP contribution in [-0.2, 0) is 16.4 Å². The third-order valence-corrected chi connectivity index (χ3v) is 7.71. The van der Waals surface area contributed by atoms with Crippen LogP contribution >= 0.6 is 27.3 Å². The average Bonchev–Trinajstić information content (AvgIpc) is 2.80. The van der Waals surface area contributed by atoms with Crippen molar-refractivity contribution in [2.45, 2.75) is 25.1 Å². The number of nitrogens with zero attached hydrogens (tertiary/aromatic N) is 2. The van der Waals surface area contributed by atoms with E-state index in [2.05, 4.69) is 37.7 Å². The van der Waals surface area contributed by atoms with E-state index in [1.807, 2.05) is 4.90 Å². The molecule has 1 fully saturated rings. The number of hydrogen-bond acceptors (Lipinski definition) is 4. The lowest BCUT2D eigenvalue weighted by atomic mass is 10.2. The minimum Gasteiger partial charge on any atom is -0.352 e. The van der Waals surface area contributed by atoms with Gasteiger partial charge in [0.1, 0.15) is 0 Å². The van der Waals surface area contributed by atoms with E-state index in [1.54, 1.807) is 32.2 Å². The second-order valence-corrected chi connectivity index (χ2v) is 10.7. The molecule has 118 valence electrons. The quantitative estimate of drug-likeness (QED) is 0.617. The molecule has 0 unspecified atom stereocenters. The SMILES string of the molecule is CN=C(NCc1csc(Br)c1)N1CCS(=O)(=O)C(C)(C)C1. The predicted molar refractivity (Wildman–Crippen MR) is 91.7 cm³/mol. The Balaban J connectivity index is 2.02. The summed E-state index contributed by atoms with van der Waals surface area (Å²) in [5, 5.41) is 5.38. The summed E-state index contributed by atoms with van der Waals surface area (Å²) in [6.45, 7) is 5.18. The van der Waals surface area contributed by atoms with Gasteiger partial charge in [-0.3, -0.25) is 4.99 Å². The number of nitrogens with one attached hydrogen (secondary N) is 1. The zero-order valence-corrected chi connectivity index (χ0v) is 15.6. The van der Waals surface area contributed by atoms with Crippen LogP contribution in [0.1, 0.15) is 19.4 Å². The molecule has 0 amide bonds. The maximum Gasteiger partial charge on any atom is 0.193 e. The Labute approximate surface area is 138 Å². The summed E-state index contributed by atoms with van der Waals surface area (Å²) in [5.74, 6) is 0.922. The molecule has 1 aliphatic rings. The Morgan fingerprint density at radius 1 is 1.57 bits per heavy atom. The molecule has 2 heterocycles. The Morgan fingerprint density at radius 3 is 2.81 bits per heavy atom. The lowest BCUT2D eigenvalue weighted by Gasteiger charge is -2.39. The van der Waals surface area contributed by atoms with Gasteiger partial charge in [-0.25, -0.2) is 8.42 Å². The van der Waals surface area contributed by atoms with Crippen LogP contribution in [0.2, 0.25) is 0 Å². The van der Waals surface area contributed by atoms with Crippen LogP contribution < -0.4 is 5.32 Å². The molecule has 1 aliphatic heterocycles. The maximum absolute atomic E-state index is 12.1. The molecule has 0 aliphatic carbocycles. The van der Waals surface area contributed by atoms with Gasteiger partial charge in [-0.2, -0.15) is 0 Å². The molecule has 0 radical (unpaired) electrons. The smallest absolute Gasteiger partial charge is 0.193 e. The van der Waals surface area contributed by atoms with E-state index in [0.29, 0.717) is 19.6 Å². The van der Waals surface area contributed by atoms with Gasteiger partial charge in [0.25, 0.3) is 0 Å². The number of aliphatic imine (C=N–C) groups is 1. The standard InChI is InChI=1S/C13H20BrN3O2S2/c1-13(2)9-17(4-5-21(13,18)19)12(15-3)16-7-10-6-11(14)20-8-10/h6,8H,4-5,7,9H2,1-3H3,(H,15,16). The summed E-state index contributed by atoms with van der Waals surface area (Å²) in [6, 6.07) is 2.07. The molecule has 1 saturated heterocycles. The van der Waals surface area contributed by atoms with Gasteiger partial charge in [-0.15, -0.1) is 11.3 Å². The van der Waals surface area contributed by atoms with Crippen molar-refractivity contribution in [3.05, 3.63) is 20.8 Å². The lowest BCUT2D eigenvalue weighted by molar-refractivity contribution is 0.353. The first kappa shape index (κ1) is 16.8. The summed E-state index contributed by atoms with van der Waals surface area (Å²) in [7, 11) is -1.30. The highest BCUT2D eigenvalue weighted by Crippen LogP contribution is 2.24. The first-order valence-electron chi connectivity index (χ1n) is 6.66. The number of guanidine groups is 1. The van der Waals surface area contributed by atoms with Gasteiger partial charge in [-0.1, -0.05) is 0 Å². The Bertz CT molecular complexity index is 638. The molecule has 1 aromatic rings. The van der Waals surface area contributed by atoms with E-state index in [9.17, 15) is 8.42 Å². The van der Waals surface area contributed by atoms with Crippen LogP contribution in [0.4, 0.5) is 0 Å². The summed E-state index contributed by atoms with van der Waals surface area (Å²) in [6.07, 6.45) is 0. The summed E-state index contributed by atoms with van der Waals surface area (Å²) in [4.78, 5) is 6.29. The van der Waals surface area contributed by atoms with Gasteiger partial charge >= 0.3 is 0 Å². The molecule has 2 rings (SSSR count). The molecule has 0 spiro atoms. The van der Waals surface area contributed by atoms with Crippen LogP contribution in [-0.4, -0.2) is 49.9 Å². The lowest BCUT2D eigenvalue weighted by Crippen LogP contribution is -2.57. The average molecular weight is 394 g/mol. The molecule has 0 atom stereocenters. The van der Waals surface area contributed by atoms with Gasteiger partial charge in [0, 0.05) is 26.7 Å². The van der Waals surface area contributed by atoms with Crippen molar-refractivity contribution in [1.82, 2.24) is 10.2 Å². The molecule has 1 aromatic heterocycles. The molecule has 0 aromatic carbocycles. The summed E-state index contributed by atoms with van der Waals surface area (Å²) in [5.41, 5.74) is 1.18. The first-order valence-corrected chi connectivity index (χ1v) is 9.98. The predicted octanol–water partition coefficient (Wildman–Crippen LogP) is 2.09. The Kier molecular flexibility index (Phi) is 4.99. The van der Waals surface area contributed by atoms with Crippen molar-refractivity contribution in [3.8, 4) is 0 Å². The molecule has 0 saturated carbocycles. The zero-order valence-electron chi connectivity index (χ0n) is 12.4. The van der Waals surface area contributed by atoms with E-state index < -0.39 is 14.6 Å². The maximum atomic E-state index is 12.1.